The van der Waals surface area contributed by atoms with Gasteiger partial charge in [0.1, 0.15) is 5.39 Å². The zero-order valence-electron chi connectivity index (χ0n) is 16.6. The topological polar surface area (TPSA) is 73.0 Å². The van der Waals surface area contributed by atoms with Crippen LogP contribution in [0.4, 0.5) is 5.69 Å². The minimum atomic E-state index is -0.204. The molecule has 4 aromatic rings. The Bertz CT molecular complexity index is 1380. The number of hydrogen-bond acceptors (Lipinski definition) is 5. The highest BCUT2D eigenvalue weighted by Gasteiger charge is 2.32. The molecule has 0 spiro atoms. The largest absolute Gasteiger partial charge is 0.312 e. The first-order valence-electron chi connectivity index (χ1n) is 10.3. The van der Waals surface area contributed by atoms with Gasteiger partial charge in [0, 0.05) is 24.4 Å². The second kappa shape index (κ2) is 7.09. The van der Waals surface area contributed by atoms with Gasteiger partial charge in [-0.05, 0) is 30.2 Å². The molecule has 1 amide bonds. The fourth-order valence-electron chi connectivity index (χ4n) is 4.45. The minimum Gasteiger partial charge on any atom is -0.312 e. The monoisotopic (exact) mass is 429 g/mol. The third-order valence-electron chi connectivity index (χ3n) is 5.97. The molecular formula is C23H19N5O2S. The number of carbonyl (C=O) groups is 1. The van der Waals surface area contributed by atoms with Gasteiger partial charge in [-0.1, -0.05) is 48.2 Å². The first kappa shape index (κ1) is 18.4. The lowest BCUT2D eigenvalue weighted by molar-refractivity contribution is -0.119. The molecule has 0 saturated carbocycles. The first-order chi connectivity index (χ1) is 15.2. The Morgan fingerprint density at radius 3 is 2.77 bits per heavy atom. The van der Waals surface area contributed by atoms with Gasteiger partial charge >= 0.3 is 0 Å². The Hall–Kier alpha value is -3.39. The molecule has 7 nitrogen and oxygen atoms in total. The van der Waals surface area contributed by atoms with E-state index in [9.17, 15) is 9.59 Å². The molecule has 2 aromatic heterocycles. The summed E-state index contributed by atoms with van der Waals surface area (Å²) in [4.78, 5) is 33.0. The smallest absolute Gasteiger partial charge is 0.265 e. The van der Waals surface area contributed by atoms with Gasteiger partial charge in [-0.3, -0.25) is 14.2 Å². The van der Waals surface area contributed by atoms with Crippen molar-refractivity contribution in [3.8, 4) is 5.69 Å². The second-order valence-electron chi connectivity index (χ2n) is 7.79. The first-order valence-corrected chi connectivity index (χ1v) is 11.3. The summed E-state index contributed by atoms with van der Waals surface area (Å²) in [5.74, 6) is 0.713. The third kappa shape index (κ3) is 2.90. The van der Waals surface area contributed by atoms with Crippen LogP contribution in [0.5, 0.6) is 0 Å². The van der Waals surface area contributed by atoms with Crippen molar-refractivity contribution in [1.82, 2.24) is 19.3 Å². The standard InChI is InChI=1S/C23H19N5O2S/c29-20(26-11-10-15-6-4-5-9-19(15)26)12-17-14-31-23-25-21-18(22(30)27(17)23)13-24-28(21)16-7-2-1-3-8-16/h1-9,13,17H,10-12,14H2/t17-/m1/s1. The highest BCUT2D eigenvalue weighted by Crippen LogP contribution is 2.35. The van der Waals surface area contributed by atoms with Crippen molar-refractivity contribution >= 4 is 34.4 Å². The predicted octanol–water partition coefficient (Wildman–Crippen LogP) is 3.21. The van der Waals surface area contributed by atoms with Crippen molar-refractivity contribution in [2.45, 2.75) is 24.0 Å². The van der Waals surface area contributed by atoms with Crippen LogP contribution in [0, 0.1) is 0 Å². The second-order valence-corrected chi connectivity index (χ2v) is 8.78. The summed E-state index contributed by atoms with van der Waals surface area (Å²) < 4.78 is 3.38. The summed E-state index contributed by atoms with van der Waals surface area (Å²) in [6, 6.07) is 17.5. The van der Waals surface area contributed by atoms with Crippen LogP contribution in [-0.4, -0.2) is 37.5 Å². The van der Waals surface area contributed by atoms with Gasteiger partial charge in [0.05, 0.1) is 17.9 Å². The van der Waals surface area contributed by atoms with Crippen LogP contribution in [0.1, 0.15) is 18.0 Å². The maximum atomic E-state index is 13.3. The number of hydrogen-bond donors (Lipinski definition) is 0. The molecule has 0 radical (unpaired) electrons. The van der Waals surface area contributed by atoms with Crippen LogP contribution in [0.25, 0.3) is 16.7 Å². The fraction of sp³-hybridized carbons (Fsp3) is 0.217. The fourth-order valence-corrected chi connectivity index (χ4v) is 5.58. The lowest BCUT2D eigenvalue weighted by atomic mass is 10.1. The highest BCUT2D eigenvalue weighted by atomic mass is 32.2. The van der Waals surface area contributed by atoms with E-state index in [1.807, 2.05) is 53.4 Å². The Labute approximate surface area is 182 Å². The summed E-state index contributed by atoms with van der Waals surface area (Å²) in [5.41, 5.74) is 3.47. The maximum absolute atomic E-state index is 13.3. The van der Waals surface area contributed by atoms with Crippen LogP contribution in [0.2, 0.25) is 0 Å². The molecule has 0 unspecified atom stereocenters. The summed E-state index contributed by atoms with van der Waals surface area (Å²) in [6.07, 6.45) is 2.73. The molecule has 4 heterocycles. The SMILES string of the molecule is O=C(C[C@@H]1CSc2nc3c(cnn3-c3ccccc3)c(=O)n21)N1CCc2ccccc21. The van der Waals surface area contributed by atoms with E-state index in [1.54, 1.807) is 15.4 Å². The molecule has 2 aliphatic rings. The predicted molar refractivity (Wildman–Crippen MR) is 120 cm³/mol. The quantitative estimate of drug-likeness (QED) is 0.468. The molecule has 0 aliphatic carbocycles. The number of benzene rings is 2. The van der Waals surface area contributed by atoms with E-state index in [4.69, 9.17) is 4.98 Å². The molecule has 0 N–H and O–H groups in total. The minimum absolute atomic E-state index is 0.0513. The average Bonchev–Trinajstić information content (AvgIpc) is 3.51. The number of amides is 1. The Morgan fingerprint density at radius 1 is 1.10 bits per heavy atom. The third-order valence-corrected chi connectivity index (χ3v) is 7.07. The summed E-state index contributed by atoms with van der Waals surface area (Å²) >= 11 is 1.52. The lowest BCUT2D eigenvalue weighted by Crippen LogP contribution is -2.33. The Balaban J connectivity index is 1.34. The van der Waals surface area contributed by atoms with Crippen molar-refractivity contribution in [2.24, 2.45) is 0 Å². The van der Waals surface area contributed by atoms with Gasteiger partial charge < -0.3 is 4.90 Å². The molecular weight excluding hydrogens is 410 g/mol. The molecule has 1 atom stereocenters. The van der Waals surface area contributed by atoms with Crippen LogP contribution in [-0.2, 0) is 11.2 Å². The van der Waals surface area contributed by atoms with Gasteiger partial charge in [-0.15, -0.1) is 0 Å². The molecule has 0 fully saturated rings. The molecule has 31 heavy (non-hydrogen) atoms. The van der Waals surface area contributed by atoms with Gasteiger partial charge in [0.2, 0.25) is 5.91 Å². The van der Waals surface area contributed by atoms with Crippen LogP contribution in [0.3, 0.4) is 0 Å². The molecule has 0 bridgehead atoms. The van der Waals surface area contributed by atoms with E-state index in [1.165, 1.54) is 17.3 Å². The van der Waals surface area contributed by atoms with E-state index < -0.39 is 0 Å². The zero-order chi connectivity index (χ0) is 20.9. The number of rotatable bonds is 3. The van der Waals surface area contributed by atoms with Crippen molar-refractivity contribution in [3.63, 3.8) is 0 Å². The number of fused-ring (bicyclic) bond motifs is 3. The van der Waals surface area contributed by atoms with Crippen molar-refractivity contribution in [2.75, 3.05) is 17.2 Å². The van der Waals surface area contributed by atoms with Gasteiger partial charge in [0.15, 0.2) is 10.8 Å². The number of para-hydroxylation sites is 2. The number of carbonyl (C=O) groups excluding carboxylic acids is 1. The van der Waals surface area contributed by atoms with E-state index in [-0.39, 0.29) is 23.9 Å². The number of nitrogens with zero attached hydrogens (tertiary/aromatic N) is 5. The van der Waals surface area contributed by atoms with Crippen molar-refractivity contribution in [3.05, 3.63) is 76.7 Å². The molecule has 0 saturated heterocycles. The van der Waals surface area contributed by atoms with Crippen LogP contribution < -0.4 is 10.5 Å². The summed E-state index contributed by atoms with van der Waals surface area (Å²) in [6.45, 7) is 0.695. The number of anilines is 1. The van der Waals surface area contributed by atoms with Gasteiger partial charge in [-0.25, -0.2) is 9.67 Å². The average molecular weight is 430 g/mol. The maximum Gasteiger partial charge on any atom is 0.265 e. The Morgan fingerprint density at radius 2 is 1.90 bits per heavy atom. The zero-order valence-corrected chi connectivity index (χ0v) is 17.5. The summed E-state index contributed by atoms with van der Waals surface area (Å²) in [5, 5.41) is 5.52. The van der Waals surface area contributed by atoms with Crippen LogP contribution >= 0.6 is 11.8 Å². The van der Waals surface area contributed by atoms with E-state index >= 15 is 0 Å². The molecule has 154 valence electrons. The molecule has 2 aliphatic heterocycles. The van der Waals surface area contributed by atoms with Gasteiger partial charge in [0.25, 0.3) is 5.56 Å². The molecule has 8 heteroatoms. The van der Waals surface area contributed by atoms with Crippen molar-refractivity contribution < 1.29 is 4.79 Å². The number of thioether (sulfide) groups is 1. The lowest BCUT2D eigenvalue weighted by Gasteiger charge is -2.20. The van der Waals surface area contributed by atoms with Crippen molar-refractivity contribution in [1.29, 1.82) is 0 Å². The van der Waals surface area contributed by atoms with E-state index in [0.29, 0.717) is 28.5 Å². The van der Waals surface area contributed by atoms with E-state index in [0.717, 1.165) is 17.8 Å². The molecule has 2 aromatic carbocycles. The number of aromatic nitrogens is 4. The van der Waals surface area contributed by atoms with E-state index in [2.05, 4.69) is 11.2 Å². The molecule has 6 rings (SSSR count). The van der Waals surface area contributed by atoms with Gasteiger partial charge in [-0.2, -0.15) is 5.10 Å². The summed E-state index contributed by atoms with van der Waals surface area (Å²) in [7, 11) is 0. The van der Waals surface area contributed by atoms with Crippen LogP contribution in [0.15, 0.2) is 70.7 Å². The normalized spacial score (nSPS) is 17.2. The highest BCUT2D eigenvalue weighted by molar-refractivity contribution is 7.99. The Kier molecular flexibility index (Phi) is 4.21.